The van der Waals surface area contributed by atoms with Crippen LogP contribution in [0.2, 0.25) is 5.02 Å². The molecule has 3 aromatic rings. The van der Waals surface area contributed by atoms with Crippen LogP contribution in [-0.4, -0.2) is 20.2 Å². The first-order valence-corrected chi connectivity index (χ1v) is 5.51. The maximum atomic E-state index is 8.69. The third-order valence-corrected chi connectivity index (χ3v) is 2.92. The largest absolute Gasteiger partial charge is 0.276 e. The van der Waals surface area contributed by atoms with Crippen molar-refractivity contribution in [1.29, 1.82) is 5.26 Å². The molecule has 0 atom stereocenters. The minimum Gasteiger partial charge on any atom is -0.276 e. The number of aromatic amines is 1. The number of nitrogens with one attached hydrogen (secondary N) is 1. The monoisotopic (exact) mass is 255 g/mol. The first-order valence-electron chi connectivity index (χ1n) is 5.13. The minimum absolute atomic E-state index is 0.288. The van der Waals surface area contributed by atoms with Gasteiger partial charge in [0.25, 0.3) is 0 Å². The Morgan fingerprint density at radius 2 is 2.06 bits per heavy atom. The van der Waals surface area contributed by atoms with Gasteiger partial charge in [0.05, 0.1) is 34.8 Å². The zero-order valence-corrected chi connectivity index (χ0v) is 9.81. The molecular weight excluding hydrogens is 250 g/mol. The minimum atomic E-state index is 0.288. The lowest BCUT2D eigenvalue weighted by atomic mass is 10.1. The number of nitriles is 1. The van der Waals surface area contributed by atoms with E-state index in [1.807, 2.05) is 12.1 Å². The van der Waals surface area contributed by atoms with Crippen molar-refractivity contribution in [3.05, 3.63) is 41.4 Å². The highest BCUT2D eigenvalue weighted by molar-refractivity contribution is 6.35. The number of rotatable bonds is 1. The first kappa shape index (κ1) is 10.7. The highest BCUT2D eigenvalue weighted by Crippen LogP contribution is 2.30. The van der Waals surface area contributed by atoms with Crippen molar-refractivity contribution >= 4 is 22.5 Å². The molecule has 3 rings (SSSR count). The molecule has 0 saturated heterocycles. The van der Waals surface area contributed by atoms with Crippen molar-refractivity contribution in [3.63, 3.8) is 0 Å². The third-order valence-electron chi connectivity index (χ3n) is 2.61. The molecule has 6 heteroatoms. The van der Waals surface area contributed by atoms with E-state index in [0.717, 1.165) is 16.5 Å². The Hall–Kier alpha value is -2.45. The summed E-state index contributed by atoms with van der Waals surface area (Å²) < 4.78 is 0. The van der Waals surface area contributed by atoms with Crippen molar-refractivity contribution in [2.75, 3.05) is 0 Å². The first-order chi connectivity index (χ1) is 8.79. The number of benzene rings is 1. The van der Waals surface area contributed by atoms with E-state index in [2.05, 4.69) is 20.2 Å². The molecule has 2 heterocycles. The predicted molar refractivity (Wildman–Crippen MR) is 66.8 cm³/mol. The fourth-order valence-electron chi connectivity index (χ4n) is 1.75. The Morgan fingerprint density at radius 3 is 2.78 bits per heavy atom. The lowest BCUT2D eigenvalue weighted by Crippen LogP contribution is -1.89. The van der Waals surface area contributed by atoms with Crippen LogP contribution >= 0.6 is 11.6 Å². The highest BCUT2D eigenvalue weighted by atomic mass is 35.5. The summed E-state index contributed by atoms with van der Waals surface area (Å²) in [5.74, 6) is 0. The molecule has 0 spiro atoms. The van der Waals surface area contributed by atoms with Gasteiger partial charge in [0.15, 0.2) is 5.69 Å². The molecule has 0 bridgehead atoms. The Bertz CT molecular complexity index is 754. The molecule has 2 aromatic heterocycles. The van der Waals surface area contributed by atoms with Crippen LogP contribution in [0.4, 0.5) is 0 Å². The average molecular weight is 256 g/mol. The molecule has 86 valence electrons. The van der Waals surface area contributed by atoms with Crippen LogP contribution in [0.3, 0.4) is 0 Å². The lowest BCUT2D eigenvalue weighted by molar-refractivity contribution is 1.12. The number of hydrogen-bond donors (Lipinski definition) is 1. The normalized spacial score (nSPS) is 10.4. The summed E-state index contributed by atoms with van der Waals surface area (Å²) in [5.41, 5.74) is 2.61. The Morgan fingerprint density at radius 1 is 1.17 bits per heavy atom. The maximum absolute atomic E-state index is 8.69. The van der Waals surface area contributed by atoms with Gasteiger partial charge in [-0.15, -0.1) is 0 Å². The molecule has 5 nitrogen and oxygen atoms in total. The highest BCUT2D eigenvalue weighted by Gasteiger charge is 2.09. The summed E-state index contributed by atoms with van der Waals surface area (Å²) in [5, 5.41) is 17.0. The van der Waals surface area contributed by atoms with Gasteiger partial charge in [0.1, 0.15) is 6.07 Å². The quantitative estimate of drug-likeness (QED) is 0.725. The topological polar surface area (TPSA) is 78.2 Å². The molecule has 0 fully saturated rings. The van der Waals surface area contributed by atoms with Crippen LogP contribution in [0.1, 0.15) is 5.69 Å². The summed E-state index contributed by atoms with van der Waals surface area (Å²) in [6, 6.07) is 5.57. The molecule has 0 radical (unpaired) electrons. The maximum Gasteiger partial charge on any atom is 0.158 e. The molecule has 0 saturated carbocycles. The Labute approximate surface area is 107 Å². The molecule has 0 aliphatic rings. The SMILES string of the molecule is N#Cc1cnc(-c2ccc(Cl)c3[nH]ncc23)cn1. The molecular formula is C12H6ClN5. The predicted octanol–water partition coefficient (Wildman–Crippen LogP) is 2.54. The van der Waals surface area contributed by atoms with Crippen molar-refractivity contribution in [2.24, 2.45) is 0 Å². The number of H-pyrrole nitrogens is 1. The number of hydrogen-bond acceptors (Lipinski definition) is 4. The molecule has 0 aliphatic heterocycles. The number of fused-ring (bicyclic) bond motifs is 1. The molecule has 1 aromatic carbocycles. The van der Waals surface area contributed by atoms with Crippen molar-refractivity contribution in [1.82, 2.24) is 20.2 Å². The zero-order chi connectivity index (χ0) is 12.5. The number of halogens is 1. The van der Waals surface area contributed by atoms with E-state index in [1.54, 1.807) is 18.5 Å². The Kier molecular flexibility index (Phi) is 2.43. The summed E-state index contributed by atoms with van der Waals surface area (Å²) in [4.78, 5) is 8.21. The van der Waals surface area contributed by atoms with Gasteiger partial charge in [0.2, 0.25) is 0 Å². The van der Waals surface area contributed by atoms with Gasteiger partial charge in [-0.05, 0) is 6.07 Å². The molecule has 0 amide bonds. The van der Waals surface area contributed by atoms with Gasteiger partial charge in [-0.2, -0.15) is 10.4 Å². The van der Waals surface area contributed by atoms with Crippen LogP contribution in [-0.2, 0) is 0 Å². The molecule has 0 aliphatic carbocycles. The second-order valence-corrected chi connectivity index (χ2v) is 4.06. The van der Waals surface area contributed by atoms with Gasteiger partial charge in [-0.25, -0.2) is 4.98 Å². The standard InChI is InChI=1S/C12H6ClN5/c13-10-2-1-8(9-5-17-18-12(9)10)11-6-15-7(3-14)4-16-11/h1-2,4-6H,(H,17,18). The fraction of sp³-hybridized carbons (Fsp3) is 0. The van der Waals surface area contributed by atoms with Gasteiger partial charge >= 0.3 is 0 Å². The fourth-order valence-corrected chi connectivity index (χ4v) is 1.96. The Balaban J connectivity index is 2.22. The van der Waals surface area contributed by atoms with E-state index in [9.17, 15) is 0 Å². The van der Waals surface area contributed by atoms with Crippen molar-refractivity contribution in [2.45, 2.75) is 0 Å². The van der Waals surface area contributed by atoms with Crippen LogP contribution in [0, 0.1) is 11.3 Å². The van der Waals surface area contributed by atoms with Gasteiger partial charge in [-0.1, -0.05) is 17.7 Å². The zero-order valence-electron chi connectivity index (χ0n) is 9.05. The second-order valence-electron chi connectivity index (χ2n) is 3.65. The van der Waals surface area contributed by atoms with E-state index in [-0.39, 0.29) is 5.69 Å². The van der Waals surface area contributed by atoms with Gasteiger partial charge in [0, 0.05) is 10.9 Å². The van der Waals surface area contributed by atoms with Gasteiger partial charge in [-0.3, -0.25) is 10.1 Å². The van der Waals surface area contributed by atoms with E-state index >= 15 is 0 Å². The smallest absolute Gasteiger partial charge is 0.158 e. The van der Waals surface area contributed by atoms with E-state index in [0.29, 0.717) is 10.7 Å². The van der Waals surface area contributed by atoms with Crippen molar-refractivity contribution in [3.8, 4) is 17.3 Å². The van der Waals surface area contributed by atoms with Crippen molar-refractivity contribution < 1.29 is 0 Å². The summed E-state index contributed by atoms with van der Waals surface area (Å²) >= 11 is 6.06. The summed E-state index contributed by atoms with van der Waals surface area (Å²) in [6.07, 6.45) is 4.69. The van der Waals surface area contributed by atoms with Crippen LogP contribution < -0.4 is 0 Å². The van der Waals surface area contributed by atoms with E-state index < -0.39 is 0 Å². The number of nitrogens with zero attached hydrogens (tertiary/aromatic N) is 4. The summed E-state index contributed by atoms with van der Waals surface area (Å²) in [6.45, 7) is 0. The summed E-state index contributed by atoms with van der Waals surface area (Å²) in [7, 11) is 0. The second kappa shape index (κ2) is 4.09. The van der Waals surface area contributed by atoms with Crippen LogP contribution in [0.5, 0.6) is 0 Å². The van der Waals surface area contributed by atoms with E-state index in [4.69, 9.17) is 16.9 Å². The third kappa shape index (κ3) is 1.60. The lowest BCUT2D eigenvalue weighted by Gasteiger charge is -2.02. The number of aromatic nitrogens is 4. The average Bonchev–Trinajstić information content (AvgIpc) is 2.90. The van der Waals surface area contributed by atoms with Crippen LogP contribution in [0.25, 0.3) is 22.2 Å². The van der Waals surface area contributed by atoms with Gasteiger partial charge < -0.3 is 0 Å². The van der Waals surface area contributed by atoms with Crippen LogP contribution in [0.15, 0.2) is 30.7 Å². The molecule has 18 heavy (non-hydrogen) atoms. The molecule has 1 N–H and O–H groups in total. The van der Waals surface area contributed by atoms with E-state index in [1.165, 1.54) is 6.20 Å². The molecule has 0 unspecified atom stereocenters.